The summed E-state index contributed by atoms with van der Waals surface area (Å²) in [4.78, 5) is 27.9. The van der Waals surface area contributed by atoms with Gasteiger partial charge in [-0.2, -0.15) is 0 Å². The summed E-state index contributed by atoms with van der Waals surface area (Å²) < 4.78 is 0. The molecule has 0 spiro atoms. The van der Waals surface area contributed by atoms with Gasteiger partial charge in [0.1, 0.15) is 6.04 Å². The molecule has 0 fully saturated rings. The number of guanidine groups is 1. The normalized spacial score (nSPS) is 17.0. The molecule has 0 bridgehead atoms. The first-order chi connectivity index (χ1) is 18.0. The van der Waals surface area contributed by atoms with Gasteiger partial charge < -0.3 is 32.1 Å². The Morgan fingerprint density at radius 1 is 0.974 bits per heavy atom. The molecule has 8 N–H and O–H groups in total. The molecule has 0 heterocycles. The highest BCUT2D eigenvalue weighted by Gasteiger charge is 2.28. The third kappa shape index (κ3) is 17.5. The minimum atomic E-state index is -1.26. The number of carboxylic acid groups (broad SMARTS) is 1. The molecular formula is C29H50N4O5. The van der Waals surface area contributed by atoms with E-state index in [-0.39, 0.29) is 12.4 Å². The molecule has 0 aliphatic carbocycles. The molecule has 0 aromatic carbocycles. The molecule has 0 aliphatic heterocycles. The Morgan fingerprint density at radius 2 is 1.61 bits per heavy atom. The van der Waals surface area contributed by atoms with E-state index in [1.807, 2.05) is 12.2 Å². The molecule has 0 saturated heterocycles. The van der Waals surface area contributed by atoms with E-state index in [1.54, 1.807) is 6.08 Å². The van der Waals surface area contributed by atoms with E-state index < -0.39 is 36.5 Å². The van der Waals surface area contributed by atoms with E-state index in [1.165, 1.54) is 6.08 Å². The first kappa shape index (κ1) is 35.1. The molecule has 0 aromatic rings. The van der Waals surface area contributed by atoms with Crippen molar-refractivity contribution in [2.75, 3.05) is 13.2 Å². The van der Waals surface area contributed by atoms with Crippen LogP contribution in [0.15, 0.2) is 53.6 Å². The van der Waals surface area contributed by atoms with E-state index in [9.17, 15) is 24.9 Å². The van der Waals surface area contributed by atoms with Crippen LogP contribution >= 0.6 is 0 Å². The van der Waals surface area contributed by atoms with Crippen LogP contribution in [0.25, 0.3) is 0 Å². The lowest BCUT2D eigenvalue weighted by Crippen LogP contribution is -2.47. The van der Waals surface area contributed by atoms with Crippen LogP contribution in [-0.4, -0.2) is 58.5 Å². The number of amides is 1. The lowest BCUT2D eigenvalue weighted by atomic mass is 9.94. The number of aliphatic carboxylic acids is 1. The summed E-state index contributed by atoms with van der Waals surface area (Å²) in [5, 5.41) is 31.8. The second kappa shape index (κ2) is 21.1. The first-order valence-corrected chi connectivity index (χ1v) is 13.6. The van der Waals surface area contributed by atoms with Crippen molar-refractivity contribution in [2.24, 2.45) is 40.1 Å². The molecule has 0 saturated carbocycles. The Labute approximate surface area is 228 Å². The zero-order chi connectivity index (χ0) is 28.9. The van der Waals surface area contributed by atoms with Crippen molar-refractivity contribution in [3.05, 3.63) is 48.6 Å². The van der Waals surface area contributed by atoms with Gasteiger partial charge in [-0.3, -0.25) is 9.79 Å². The zero-order valence-corrected chi connectivity index (χ0v) is 23.5. The summed E-state index contributed by atoms with van der Waals surface area (Å²) in [6, 6.07) is -1.14. The second-order valence-electron chi connectivity index (χ2n) is 10.0. The molecular weight excluding hydrogens is 484 g/mol. The molecule has 0 aliphatic rings. The highest BCUT2D eigenvalue weighted by atomic mass is 16.4. The van der Waals surface area contributed by atoms with Gasteiger partial charge in [-0.05, 0) is 49.9 Å². The van der Waals surface area contributed by atoms with Gasteiger partial charge in [0.2, 0.25) is 5.91 Å². The molecule has 0 aromatic heterocycles. The van der Waals surface area contributed by atoms with E-state index >= 15 is 0 Å². The highest BCUT2D eigenvalue weighted by Crippen LogP contribution is 2.17. The number of nitrogens with zero attached hydrogens (tertiary/aromatic N) is 1. The quantitative estimate of drug-likeness (QED) is 0.0602. The molecule has 0 radical (unpaired) electrons. The maximum Gasteiger partial charge on any atom is 0.326 e. The number of nitrogens with one attached hydrogen (secondary N) is 1. The first-order valence-electron chi connectivity index (χ1n) is 13.6. The van der Waals surface area contributed by atoms with Crippen LogP contribution in [0.2, 0.25) is 0 Å². The molecule has 0 unspecified atom stereocenters. The maximum atomic E-state index is 12.5. The van der Waals surface area contributed by atoms with Crippen molar-refractivity contribution in [1.82, 2.24) is 5.32 Å². The third-order valence-corrected chi connectivity index (χ3v) is 6.26. The zero-order valence-electron chi connectivity index (χ0n) is 23.5. The van der Waals surface area contributed by atoms with Gasteiger partial charge in [-0.15, -0.1) is 0 Å². The minimum Gasteiger partial charge on any atom is -0.480 e. The third-order valence-electron chi connectivity index (χ3n) is 6.26. The van der Waals surface area contributed by atoms with Gasteiger partial charge in [-0.1, -0.05) is 82.7 Å². The van der Waals surface area contributed by atoms with Crippen molar-refractivity contribution < 1.29 is 24.9 Å². The number of aliphatic hydroxyl groups is 2. The van der Waals surface area contributed by atoms with Gasteiger partial charge in [0.25, 0.3) is 0 Å². The molecule has 38 heavy (non-hydrogen) atoms. The van der Waals surface area contributed by atoms with Crippen LogP contribution in [-0.2, 0) is 9.59 Å². The summed E-state index contributed by atoms with van der Waals surface area (Å²) >= 11 is 0. The largest absolute Gasteiger partial charge is 0.480 e. The molecule has 9 heteroatoms. The highest BCUT2D eigenvalue weighted by molar-refractivity contribution is 5.85. The lowest BCUT2D eigenvalue weighted by Gasteiger charge is -2.21. The van der Waals surface area contributed by atoms with Gasteiger partial charge in [-0.25, -0.2) is 4.79 Å². The fraction of sp³-hybridized carbons (Fsp3) is 0.621. The Balaban J connectivity index is 4.67. The van der Waals surface area contributed by atoms with E-state index in [2.05, 4.69) is 62.3 Å². The lowest BCUT2D eigenvalue weighted by molar-refractivity contribution is -0.143. The predicted molar refractivity (Wildman–Crippen MR) is 154 cm³/mol. The number of hydrogen-bond acceptors (Lipinski definition) is 5. The Bertz CT molecular complexity index is 818. The summed E-state index contributed by atoms with van der Waals surface area (Å²) in [6.07, 6.45) is 18.6. The Kier molecular flexibility index (Phi) is 19.5. The average molecular weight is 535 g/mol. The monoisotopic (exact) mass is 534 g/mol. The van der Waals surface area contributed by atoms with Crippen molar-refractivity contribution in [3.63, 3.8) is 0 Å². The topological polar surface area (TPSA) is 171 Å². The van der Waals surface area contributed by atoms with Crippen molar-refractivity contribution in [1.29, 1.82) is 0 Å². The number of allylic oxidation sites excluding steroid dienone is 7. The molecule has 1 amide bonds. The van der Waals surface area contributed by atoms with Crippen LogP contribution in [0.5, 0.6) is 0 Å². The number of aliphatic imine (C=N–C) groups is 1. The standard InChI is InChI=1S/C29H50N4O5/c1-5-21(2)13-7-6-8-14-22(3)19-23(4)15-9-10-17-26(35)24(20-34)27(36)33-25(28(37)38)16-11-12-18-32-29(30)31/h6-10,13,15,17,21-26,34-35H,5,11-12,14,16,18-20H2,1-4H3,(H,33,36)(H,37,38)(H4,30,31,32)/b8-6+,13-7+,15-9+,17-10+/t21-,22-,23+,24+,25-,26-/m0/s1. The van der Waals surface area contributed by atoms with Crippen LogP contribution in [0, 0.1) is 23.7 Å². The van der Waals surface area contributed by atoms with Crippen molar-refractivity contribution >= 4 is 17.8 Å². The molecule has 0 rings (SSSR count). The van der Waals surface area contributed by atoms with E-state index in [0.717, 1.165) is 19.3 Å². The minimum absolute atomic E-state index is 0.0340. The average Bonchev–Trinajstić information content (AvgIpc) is 2.85. The van der Waals surface area contributed by atoms with Crippen LogP contribution in [0.3, 0.4) is 0 Å². The maximum absolute atomic E-state index is 12.5. The number of nitrogens with two attached hydrogens (primary N) is 2. The number of aliphatic hydroxyl groups excluding tert-OH is 2. The van der Waals surface area contributed by atoms with Crippen LogP contribution in [0.1, 0.15) is 66.2 Å². The van der Waals surface area contributed by atoms with Gasteiger partial charge in [0.05, 0.1) is 18.6 Å². The van der Waals surface area contributed by atoms with Crippen LogP contribution < -0.4 is 16.8 Å². The molecule has 9 nitrogen and oxygen atoms in total. The fourth-order valence-electron chi connectivity index (χ4n) is 3.71. The number of unbranched alkanes of at least 4 members (excludes halogenated alkanes) is 1. The smallest absolute Gasteiger partial charge is 0.326 e. The van der Waals surface area contributed by atoms with E-state index in [4.69, 9.17) is 11.5 Å². The number of carbonyl (C=O) groups excluding carboxylic acids is 1. The number of hydrogen-bond donors (Lipinski definition) is 6. The number of rotatable bonds is 20. The van der Waals surface area contributed by atoms with Crippen molar-refractivity contribution in [2.45, 2.75) is 78.4 Å². The Morgan fingerprint density at radius 3 is 2.21 bits per heavy atom. The fourth-order valence-corrected chi connectivity index (χ4v) is 3.71. The second-order valence-corrected chi connectivity index (χ2v) is 10.0. The van der Waals surface area contributed by atoms with Gasteiger partial charge >= 0.3 is 5.97 Å². The van der Waals surface area contributed by atoms with E-state index in [0.29, 0.717) is 37.1 Å². The summed E-state index contributed by atoms with van der Waals surface area (Å²) in [5.41, 5.74) is 10.5. The number of carbonyl (C=O) groups is 2. The van der Waals surface area contributed by atoms with Gasteiger partial charge in [0.15, 0.2) is 5.96 Å². The predicted octanol–water partition coefficient (Wildman–Crippen LogP) is 3.29. The Hall–Kier alpha value is -2.91. The van der Waals surface area contributed by atoms with Crippen LogP contribution in [0.4, 0.5) is 0 Å². The molecule has 6 atom stereocenters. The van der Waals surface area contributed by atoms with Crippen molar-refractivity contribution in [3.8, 4) is 0 Å². The SMILES string of the molecule is CC[C@H](C)/C=C/C=C/C[C@H](C)C[C@H](C)/C=C/C=C/[C@H](O)[C@@H](CO)C(=O)N[C@@H](CCCCN=C(N)N)C(=O)O. The summed E-state index contributed by atoms with van der Waals surface area (Å²) in [5.74, 6) is -1.68. The summed E-state index contributed by atoms with van der Waals surface area (Å²) in [6.45, 7) is 8.45. The number of carboxylic acids is 1. The molecule has 216 valence electrons. The van der Waals surface area contributed by atoms with Gasteiger partial charge in [0, 0.05) is 6.54 Å². The summed E-state index contributed by atoms with van der Waals surface area (Å²) in [7, 11) is 0.